The first-order valence-electron chi connectivity index (χ1n) is 8.65. The minimum absolute atomic E-state index is 0.0579. The van der Waals surface area contributed by atoms with E-state index in [1.807, 2.05) is 0 Å². The average molecular weight is 423 g/mol. The van der Waals surface area contributed by atoms with Crippen molar-refractivity contribution in [3.8, 4) is 11.5 Å². The Morgan fingerprint density at radius 3 is 2.62 bits per heavy atom. The van der Waals surface area contributed by atoms with E-state index in [0.29, 0.717) is 16.9 Å². The van der Waals surface area contributed by atoms with Crippen LogP contribution in [0.1, 0.15) is 18.1 Å². The zero-order valence-electron chi connectivity index (χ0n) is 15.9. The first-order valence-corrected chi connectivity index (χ1v) is 9.03. The summed E-state index contributed by atoms with van der Waals surface area (Å²) in [6.07, 6.45) is 1.44. The molecule has 0 bridgehead atoms. The second-order valence-corrected chi connectivity index (χ2v) is 6.13. The van der Waals surface area contributed by atoms with Crippen LogP contribution in [0.25, 0.3) is 0 Å². The Labute approximate surface area is 172 Å². The Bertz CT molecular complexity index is 887. The molecular formula is C20H20ClFN2O5. The molecule has 0 saturated heterocycles. The Hall–Kier alpha value is -3.13. The van der Waals surface area contributed by atoms with E-state index in [2.05, 4.69) is 10.5 Å². The highest BCUT2D eigenvalue weighted by Gasteiger charge is 2.14. The minimum atomic E-state index is -0.528. The molecule has 2 rings (SSSR count). The predicted molar refractivity (Wildman–Crippen MR) is 106 cm³/mol. The number of amides is 1. The van der Waals surface area contributed by atoms with E-state index in [-0.39, 0.29) is 42.1 Å². The standard InChI is InChI=1S/C20H20ClFN2O5/c1-3-28-19(26)12-29-20-16(21)8-14(9-17(20)27-2)11-23-24-18(25)10-13-4-6-15(22)7-5-13/h4-9,11H,3,10,12H2,1-2H3,(H,24,25)/b23-11+. The summed E-state index contributed by atoms with van der Waals surface area (Å²) >= 11 is 6.20. The maximum atomic E-state index is 12.9. The van der Waals surface area contributed by atoms with Crippen molar-refractivity contribution in [2.45, 2.75) is 13.3 Å². The number of benzene rings is 2. The summed E-state index contributed by atoms with van der Waals surface area (Å²) in [6, 6.07) is 8.75. The number of carbonyl (C=O) groups is 2. The topological polar surface area (TPSA) is 86.2 Å². The SMILES string of the molecule is CCOC(=O)COc1c(Cl)cc(/C=N/NC(=O)Cc2ccc(F)cc2)cc1OC. The predicted octanol–water partition coefficient (Wildman–Crippen LogP) is 3.12. The van der Waals surface area contributed by atoms with Gasteiger partial charge in [0.15, 0.2) is 18.1 Å². The van der Waals surface area contributed by atoms with Crippen LogP contribution >= 0.6 is 11.6 Å². The van der Waals surface area contributed by atoms with Crippen molar-refractivity contribution in [3.05, 3.63) is 58.4 Å². The van der Waals surface area contributed by atoms with Crippen molar-refractivity contribution in [2.24, 2.45) is 5.10 Å². The van der Waals surface area contributed by atoms with Crippen LogP contribution in [0, 0.1) is 5.82 Å². The van der Waals surface area contributed by atoms with Crippen molar-refractivity contribution in [2.75, 3.05) is 20.3 Å². The fourth-order valence-electron chi connectivity index (χ4n) is 2.29. The third kappa shape index (κ3) is 7.08. The molecule has 0 radical (unpaired) electrons. The summed E-state index contributed by atoms with van der Waals surface area (Å²) in [5, 5.41) is 4.07. The van der Waals surface area contributed by atoms with Gasteiger partial charge in [-0.3, -0.25) is 4.79 Å². The van der Waals surface area contributed by atoms with Crippen LogP contribution in [0.5, 0.6) is 11.5 Å². The van der Waals surface area contributed by atoms with Crippen LogP contribution in [0.2, 0.25) is 5.02 Å². The van der Waals surface area contributed by atoms with Gasteiger partial charge in [0.1, 0.15) is 5.82 Å². The third-order valence-electron chi connectivity index (χ3n) is 3.57. The molecule has 9 heteroatoms. The molecule has 7 nitrogen and oxygen atoms in total. The molecule has 2 aromatic carbocycles. The fourth-order valence-corrected chi connectivity index (χ4v) is 2.57. The van der Waals surface area contributed by atoms with Crippen LogP contribution in [-0.4, -0.2) is 38.4 Å². The van der Waals surface area contributed by atoms with Crippen LogP contribution in [-0.2, 0) is 20.7 Å². The normalized spacial score (nSPS) is 10.6. The number of nitrogens with one attached hydrogen (secondary N) is 1. The van der Waals surface area contributed by atoms with Crippen molar-refractivity contribution in [1.29, 1.82) is 0 Å². The van der Waals surface area contributed by atoms with Crippen molar-refractivity contribution >= 4 is 29.7 Å². The van der Waals surface area contributed by atoms with Gasteiger partial charge in [-0.2, -0.15) is 5.10 Å². The summed E-state index contributed by atoms with van der Waals surface area (Å²) in [4.78, 5) is 23.3. The zero-order chi connectivity index (χ0) is 21.2. The number of rotatable bonds is 9. The molecule has 0 aliphatic carbocycles. The lowest BCUT2D eigenvalue weighted by Crippen LogP contribution is -2.19. The third-order valence-corrected chi connectivity index (χ3v) is 3.85. The second kappa shape index (κ2) is 11.0. The Balaban J connectivity index is 1.99. The van der Waals surface area contributed by atoms with Gasteiger partial charge < -0.3 is 14.2 Å². The molecule has 0 heterocycles. The summed E-state index contributed by atoms with van der Waals surface area (Å²) in [5.41, 5.74) is 3.58. The Kier molecular flexibility index (Phi) is 8.42. The maximum absolute atomic E-state index is 12.9. The van der Waals surface area contributed by atoms with Gasteiger partial charge in [-0.05, 0) is 42.3 Å². The summed E-state index contributed by atoms with van der Waals surface area (Å²) in [5.74, 6) is -0.770. The molecule has 2 aromatic rings. The second-order valence-electron chi connectivity index (χ2n) is 5.72. The molecule has 1 N–H and O–H groups in total. The largest absolute Gasteiger partial charge is 0.493 e. The lowest BCUT2D eigenvalue weighted by Gasteiger charge is -2.12. The molecule has 1 amide bonds. The number of carbonyl (C=O) groups excluding carboxylic acids is 2. The van der Waals surface area contributed by atoms with Gasteiger partial charge in [0.25, 0.3) is 0 Å². The molecule has 0 atom stereocenters. The lowest BCUT2D eigenvalue weighted by atomic mass is 10.1. The molecule has 0 aromatic heterocycles. The van der Waals surface area contributed by atoms with Gasteiger partial charge in [-0.15, -0.1) is 0 Å². The number of esters is 1. The van der Waals surface area contributed by atoms with Crippen LogP contribution < -0.4 is 14.9 Å². The van der Waals surface area contributed by atoms with Crippen molar-refractivity contribution < 1.29 is 28.2 Å². The van der Waals surface area contributed by atoms with E-state index >= 15 is 0 Å². The number of halogens is 2. The zero-order valence-corrected chi connectivity index (χ0v) is 16.7. The molecule has 0 unspecified atom stereocenters. The quantitative estimate of drug-likeness (QED) is 0.381. The number of ether oxygens (including phenoxy) is 3. The van der Waals surface area contributed by atoms with E-state index in [1.165, 1.54) is 37.6 Å². The summed E-state index contributed by atoms with van der Waals surface area (Å²) in [7, 11) is 1.42. The van der Waals surface area contributed by atoms with Crippen LogP contribution in [0.15, 0.2) is 41.5 Å². The molecule has 0 aliphatic heterocycles. The molecular weight excluding hydrogens is 403 g/mol. The van der Waals surface area contributed by atoms with Crippen molar-refractivity contribution in [3.63, 3.8) is 0 Å². The Morgan fingerprint density at radius 1 is 1.24 bits per heavy atom. The number of hydrogen-bond donors (Lipinski definition) is 1. The van der Waals surface area contributed by atoms with E-state index in [1.54, 1.807) is 19.1 Å². The smallest absolute Gasteiger partial charge is 0.344 e. The van der Waals surface area contributed by atoms with Crippen molar-refractivity contribution in [1.82, 2.24) is 5.43 Å². The van der Waals surface area contributed by atoms with E-state index in [4.69, 9.17) is 25.8 Å². The fraction of sp³-hybridized carbons (Fsp3) is 0.250. The molecule has 0 fully saturated rings. The first kappa shape index (κ1) is 22.2. The van der Waals surface area contributed by atoms with Gasteiger partial charge in [-0.25, -0.2) is 14.6 Å². The van der Waals surface area contributed by atoms with Gasteiger partial charge in [0.2, 0.25) is 5.91 Å². The van der Waals surface area contributed by atoms with Gasteiger partial charge >= 0.3 is 5.97 Å². The highest BCUT2D eigenvalue weighted by Crippen LogP contribution is 2.36. The summed E-state index contributed by atoms with van der Waals surface area (Å²) in [6.45, 7) is 1.63. The highest BCUT2D eigenvalue weighted by molar-refractivity contribution is 6.32. The summed E-state index contributed by atoms with van der Waals surface area (Å²) < 4.78 is 28.3. The lowest BCUT2D eigenvalue weighted by molar-refractivity contribution is -0.145. The number of nitrogens with zero attached hydrogens (tertiary/aromatic N) is 1. The van der Waals surface area contributed by atoms with E-state index in [0.717, 1.165) is 0 Å². The first-order chi connectivity index (χ1) is 13.9. The molecule has 154 valence electrons. The molecule has 29 heavy (non-hydrogen) atoms. The van der Waals surface area contributed by atoms with E-state index < -0.39 is 5.97 Å². The molecule has 0 spiro atoms. The number of hydrazone groups is 1. The monoisotopic (exact) mass is 422 g/mol. The Morgan fingerprint density at radius 2 is 1.97 bits per heavy atom. The minimum Gasteiger partial charge on any atom is -0.493 e. The number of methoxy groups -OCH3 is 1. The van der Waals surface area contributed by atoms with Gasteiger partial charge in [0.05, 0.1) is 31.4 Å². The van der Waals surface area contributed by atoms with Gasteiger partial charge in [0, 0.05) is 0 Å². The van der Waals surface area contributed by atoms with Gasteiger partial charge in [-0.1, -0.05) is 23.7 Å². The van der Waals surface area contributed by atoms with Crippen LogP contribution in [0.4, 0.5) is 4.39 Å². The molecule has 0 saturated carbocycles. The molecule has 0 aliphatic rings. The number of hydrogen-bond acceptors (Lipinski definition) is 6. The van der Waals surface area contributed by atoms with E-state index in [9.17, 15) is 14.0 Å². The van der Waals surface area contributed by atoms with Crippen LogP contribution in [0.3, 0.4) is 0 Å². The highest BCUT2D eigenvalue weighted by atomic mass is 35.5. The maximum Gasteiger partial charge on any atom is 0.344 e. The average Bonchev–Trinajstić information content (AvgIpc) is 2.68.